The molecule has 7 nitrogen and oxygen atoms in total. The van der Waals surface area contributed by atoms with Crippen LogP contribution in [0.25, 0.3) is 11.4 Å². The Kier molecular flexibility index (Phi) is 4.55. The standard InChI is InChI=1S/C15H16N4O3/c1-20-10-9-12-16-13(21-18-12)7-8-14-17-15(19-22-14)11-5-3-2-4-6-11/h2-6H,7-10H2,1H3. The first-order chi connectivity index (χ1) is 10.8. The summed E-state index contributed by atoms with van der Waals surface area (Å²) in [5, 5.41) is 7.86. The van der Waals surface area contributed by atoms with Crippen molar-refractivity contribution in [2.75, 3.05) is 13.7 Å². The van der Waals surface area contributed by atoms with E-state index in [1.54, 1.807) is 7.11 Å². The fraction of sp³-hybridized carbons (Fsp3) is 0.333. The normalized spacial score (nSPS) is 11.0. The van der Waals surface area contributed by atoms with Gasteiger partial charge in [-0.2, -0.15) is 9.97 Å². The highest BCUT2D eigenvalue weighted by molar-refractivity contribution is 5.53. The number of hydrogen-bond acceptors (Lipinski definition) is 7. The first-order valence-corrected chi connectivity index (χ1v) is 7.03. The molecule has 22 heavy (non-hydrogen) atoms. The maximum atomic E-state index is 5.24. The molecule has 0 radical (unpaired) electrons. The molecule has 0 amide bonds. The third-order valence-corrected chi connectivity index (χ3v) is 3.09. The molecule has 3 aromatic rings. The van der Waals surface area contributed by atoms with Gasteiger partial charge in [-0.15, -0.1) is 0 Å². The van der Waals surface area contributed by atoms with Crippen molar-refractivity contribution in [3.8, 4) is 11.4 Å². The molecule has 1 aromatic carbocycles. The minimum atomic E-state index is 0.551. The smallest absolute Gasteiger partial charge is 0.227 e. The molecule has 0 saturated carbocycles. The van der Waals surface area contributed by atoms with Crippen LogP contribution in [-0.2, 0) is 24.0 Å². The van der Waals surface area contributed by atoms with E-state index in [0.717, 1.165) is 5.56 Å². The predicted octanol–water partition coefficient (Wildman–Crippen LogP) is 2.09. The Balaban J connectivity index is 1.58. The van der Waals surface area contributed by atoms with Crippen LogP contribution in [0.3, 0.4) is 0 Å². The number of rotatable bonds is 7. The summed E-state index contributed by atoms with van der Waals surface area (Å²) in [6.45, 7) is 0.572. The number of methoxy groups -OCH3 is 1. The molecule has 0 unspecified atom stereocenters. The number of ether oxygens (including phenoxy) is 1. The van der Waals surface area contributed by atoms with Crippen molar-refractivity contribution in [1.82, 2.24) is 20.3 Å². The largest absolute Gasteiger partial charge is 0.384 e. The summed E-state index contributed by atoms with van der Waals surface area (Å²) in [7, 11) is 1.64. The van der Waals surface area contributed by atoms with E-state index in [1.807, 2.05) is 30.3 Å². The van der Waals surface area contributed by atoms with Crippen molar-refractivity contribution in [1.29, 1.82) is 0 Å². The molecule has 0 spiro atoms. The Bertz CT molecular complexity index is 708. The number of nitrogens with zero attached hydrogens (tertiary/aromatic N) is 4. The highest BCUT2D eigenvalue weighted by Gasteiger charge is 2.11. The summed E-state index contributed by atoms with van der Waals surface area (Å²) in [4.78, 5) is 8.64. The van der Waals surface area contributed by atoms with Crippen molar-refractivity contribution in [2.45, 2.75) is 19.3 Å². The molecule has 3 rings (SSSR count). The summed E-state index contributed by atoms with van der Waals surface area (Å²) in [5.41, 5.74) is 0.928. The van der Waals surface area contributed by atoms with Gasteiger partial charge in [-0.3, -0.25) is 0 Å². The molecule has 0 saturated heterocycles. The summed E-state index contributed by atoms with van der Waals surface area (Å²) >= 11 is 0. The lowest BCUT2D eigenvalue weighted by Gasteiger charge is -1.91. The molecule has 114 valence electrons. The first kappa shape index (κ1) is 14.4. The Labute approximate surface area is 127 Å². The van der Waals surface area contributed by atoms with E-state index in [1.165, 1.54) is 0 Å². The molecule has 2 aromatic heterocycles. The SMILES string of the molecule is COCCc1noc(CCc2nc(-c3ccccc3)no2)n1. The summed E-state index contributed by atoms with van der Waals surface area (Å²) in [6, 6.07) is 9.70. The molecule has 0 N–H and O–H groups in total. The van der Waals surface area contributed by atoms with Gasteiger partial charge in [-0.1, -0.05) is 40.6 Å². The summed E-state index contributed by atoms with van der Waals surface area (Å²) in [5.74, 6) is 2.34. The van der Waals surface area contributed by atoms with E-state index in [9.17, 15) is 0 Å². The zero-order valence-corrected chi connectivity index (χ0v) is 12.2. The van der Waals surface area contributed by atoms with Crippen molar-refractivity contribution in [3.63, 3.8) is 0 Å². The molecular weight excluding hydrogens is 284 g/mol. The number of aryl methyl sites for hydroxylation is 2. The van der Waals surface area contributed by atoms with Crippen LogP contribution >= 0.6 is 0 Å². The molecule has 0 aliphatic heterocycles. The van der Waals surface area contributed by atoms with Gasteiger partial charge in [0.2, 0.25) is 17.6 Å². The molecule has 0 atom stereocenters. The van der Waals surface area contributed by atoms with E-state index in [4.69, 9.17) is 13.8 Å². The van der Waals surface area contributed by atoms with E-state index in [-0.39, 0.29) is 0 Å². The van der Waals surface area contributed by atoms with Crippen molar-refractivity contribution >= 4 is 0 Å². The Morgan fingerprint density at radius 1 is 0.909 bits per heavy atom. The summed E-state index contributed by atoms with van der Waals surface area (Å²) < 4.78 is 15.4. The van der Waals surface area contributed by atoms with Crippen molar-refractivity contribution in [2.24, 2.45) is 0 Å². The predicted molar refractivity (Wildman–Crippen MR) is 77.0 cm³/mol. The highest BCUT2D eigenvalue weighted by Crippen LogP contribution is 2.15. The number of hydrogen-bond donors (Lipinski definition) is 0. The second-order valence-corrected chi connectivity index (χ2v) is 4.72. The summed E-state index contributed by atoms with van der Waals surface area (Å²) in [6.07, 6.45) is 1.76. The average Bonchev–Trinajstić information content (AvgIpc) is 3.21. The second kappa shape index (κ2) is 6.95. The van der Waals surface area contributed by atoms with Crippen molar-refractivity contribution < 1.29 is 13.8 Å². The molecule has 0 fully saturated rings. The van der Waals surface area contributed by atoms with Gasteiger partial charge in [-0.25, -0.2) is 0 Å². The molecule has 0 aliphatic carbocycles. The maximum absolute atomic E-state index is 5.24. The van der Waals surface area contributed by atoms with Gasteiger partial charge in [0.1, 0.15) is 0 Å². The molecule has 0 aliphatic rings. The zero-order valence-electron chi connectivity index (χ0n) is 12.2. The van der Waals surface area contributed by atoms with E-state index in [0.29, 0.717) is 49.3 Å². The zero-order chi connectivity index (χ0) is 15.2. The quantitative estimate of drug-likeness (QED) is 0.660. The van der Waals surface area contributed by atoms with Gasteiger partial charge in [0.25, 0.3) is 0 Å². The van der Waals surface area contributed by atoms with Crippen LogP contribution in [0.15, 0.2) is 39.4 Å². The van der Waals surface area contributed by atoms with Crippen LogP contribution in [0.4, 0.5) is 0 Å². The third kappa shape index (κ3) is 3.56. The van der Waals surface area contributed by atoms with Gasteiger partial charge >= 0.3 is 0 Å². The lowest BCUT2D eigenvalue weighted by atomic mass is 10.2. The maximum Gasteiger partial charge on any atom is 0.227 e. The second-order valence-electron chi connectivity index (χ2n) is 4.72. The fourth-order valence-corrected chi connectivity index (χ4v) is 1.96. The van der Waals surface area contributed by atoms with Gasteiger partial charge in [0.05, 0.1) is 6.61 Å². The first-order valence-electron chi connectivity index (χ1n) is 7.03. The topological polar surface area (TPSA) is 87.1 Å². The van der Waals surface area contributed by atoms with Gasteiger partial charge in [0.15, 0.2) is 5.82 Å². The Morgan fingerprint density at radius 2 is 1.64 bits per heavy atom. The van der Waals surface area contributed by atoms with Gasteiger partial charge < -0.3 is 13.8 Å². The van der Waals surface area contributed by atoms with E-state index in [2.05, 4.69) is 20.3 Å². The lowest BCUT2D eigenvalue weighted by Crippen LogP contribution is -1.97. The molecular formula is C15H16N4O3. The van der Waals surface area contributed by atoms with Crippen LogP contribution in [0, 0.1) is 0 Å². The minimum Gasteiger partial charge on any atom is -0.384 e. The minimum absolute atomic E-state index is 0.551. The number of aromatic nitrogens is 4. The Morgan fingerprint density at radius 3 is 2.41 bits per heavy atom. The van der Waals surface area contributed by atoms with Gasteiger partial charge in [0, 0.05) is 31.9 Å². The van der Waals surface area contributed by atoms with Gasteiger partial charge in [-0.05, 0) is 0 Å². The van der Waals surface area contributed by atoms with Crippen LogP contribution in [0.1, 0.15) is 17.6 Å². The Hall–Kier alpha value is -2.54. The number of benzene rings is 1. The van der Waals surface area contributed by atoms with E-state index < -0.39 is 0 Å². The average molecular weight is 300 g/mol. The molecule has 7 heteroatoms. The van der Waals surface area contributed by atoms with Crippen LogP contribution in [0.2, 0.25) is 0 Å². The lowest BCUT2D eigenvalue weighted by molar-refractivity contribution is 0.199. The van der Waals surface area contributed by atoms with E-state index >= 15 is 0 Å². The molecule has 2 heterocycles. The van der Waals surface area contributed by atoms with Crippen LogP contribution < -0.4 is 0 Å². The third-order valence-electron chi connectivity index (χ3n) is 3.09. The fourth-order valence-electron chi connectivity index (χ4n) is 1.96. The van der Waals surface area contributed by atoms with Crippen LogP contribution in [-0.4, -0.2) is 34.0 Å². The molecule has 0 bridgehead atoms. The monoisotopic (exact) mass is 300 g/mol. The van der Waals surface area contributed by atoms with Crippen molar-refractivity contribution in [3.05, 3.63) is 47.9 Å². The van der Waals surface area contributed by atoms with Crippen LogP contribution in [0.5, 0.6) is 0 Å². The highest BCUT2D eigenvalue weighted by atomic mass is 16.5.